The molecule has 4 nitrogen and oxygen atoms in total. The van der Waals surface area contributed by atoms with Crippen LogP contribution in [-0.2, 0) is 19.3 Å². The van der Waals surface area contributed by atoms with E-state index in [1.165, 1.54) is 0 Å². The van der Waals surface area contributed by atoms with Crippen LogP contribution in [0.25, 0.3) is 0 Å². The third kappa shape index (κ3) is 6.48. The van der Waals surface area contributed by atoms with Gasteiger partial charge >= 0.3 is 8.80 Å². The third-order valence-corrected chi connectivity index (χ3v) is 6.16. The maximum atomic E-state index is 6.18. The monoisotopic (exact) mass is 326 g/mol. The van der Waals surface area contributed by atoms with Crippen LogP contribution >= 0.6 is 0 Å². The van der Waals surface area contributed by atoms with Crippen molar-refractivity contribution in [2.24, 2.45) is 0 Å². The van der Waals surface area contributed by atoms with Crippen molar-refractivity contribution in [2.45, 2.75) is 65.9 Å². The first-order valence-electron chi connectivity index (χ1n) is 7.92. The van der Waals surface area contributed by atoms with Crippen molar-refractivity contribution in [2.75, 3.05) is 7.11 Å². The van der Waals surface area contributed by atoms with Crippen LogP contribution in [0.5, 0.6) is 5.75 Å². The lowest BCUT2D eigenvalue weighted by atomic mass is 10.2. The van der Waals surface area contributed by atoms with Crippen LogP contribution in [0.4, 0.5) is 0 Å². The molecular formula is C17H30O4Si. The maximum absolute atomic E-state index is 6.18. The summed E-state index contributed by atoms with van der Waals surface area (Å²) < 4.78 is 23.8. The molecule has 0 bridgehead atoms. The molecule has 1 aromatic rings. The van der Waals surface area contributed by atoms with Gasteiger partial charge in [0.05, 0.1) is 7.11 Å². The van der Waals surface area contributed by atoms with Crippen molar-refractivity contribution in [3.05, 3.63) is 29.8 Å². The summed E-state index contributed by atoms with van der Waals surface area (Å²) in [5.74, 6) is 0.843. The molecule has 0 aliphatic heterocycles. The maximum Gasteiger partial charge on any atom is 0.506 e. The Morgan fingerprint density at radius 2 is 1.18 bits per heavy atom. The number of rotatable bonds is 9. The Morgan fingerprint density at radius 1 is 0.773 bits per heavy atom. The molecule has 0 atom stereocenters. The van der Waals surface area contributed by atoms with Crippen LogP contribution in [0.1, 0.15) is 47.1 Å². The second kappa shape index (κ2) is 8.67. The van der Waals surface area contributed by atoms with E-state index in [1.54, 1.807) is 7.11 Å². The number of methoxy groups -OCH3 is 1. The zero-order valence-electron chi connectivity index (χ0n) is 14.9. The van der Waals surface area contributed by atoms with Crippen LogP contribution in [0.2, 0.25) is 0 Å². The molecule has 1 rings (SSSR count). The topological polar surface area (TPSA) is 36.9 Å². The minimum Gasteiger partial charge on any atom is -0.497 e. The quantitative estimate of drug-likeness (QED) is 0.643. The van der Waals surface area contributed by atoms with Gasteiger partial charge in [0.1, 0.15) is 5.75 Å². The number of hydrogen-bond donors (Lipinski definition) is 0. The van der Waals surface area contributed by atoms with Crippen molar-refractivity contribution >= 4 is 8.80 Å². The van der Waals surface area contributed by atoms with Crippen molar-refractivity contribution in [3.8, 4) is 5.75 Å². The van der Waals surface area contributed by atoms with Gasteiger partial charge in [0.25, 0.3) is 0 Å². The van der Waals surface area contributed by atoms with Gasteiger partial charge in [-0.15, -0.1) is 0 Å². The molecule has 0 saturated carbocycles. The van der Waals surface area contributed by atoms with E-state index in [4.69, 9.17) is 18.0 Å². The van der Waals surface area contributed by atoms with Gasteiger partial charge in [-0.05, 0) is 59.2 Å². The predicted molar refractivity (Wildman–Crippen MR) is 91.1 cm³/mol. The van der Waals surface area contributed by atoms with Gasteiger partial charge in [-0.3, -0.25) is 0 Å². The summed E-state index contributed by atoms with van der Waals surface area (Å²) in [5, 5.41) is 0. The summed E-state index contributed by atoms with van der Waals surface area (Å²) in [4.78, 5) is 0. The second-order valence-corrected chi connectivity index (χ2v) is 8.63. The minimum absolute atomic E-state index is 0.0578. The molecule has 22 heavy (non-hydrogen) atoms. The number of hydrogen-bond acceptors (Lipinski definition) is 4. The second-order valence-electron chi connectivity index (χ2n) is 6.21. The lowest BCUT2D eigenvalue weighted by Gasteiger charge is -2.34. The van der Waals surface area contributed by atoms with Gasteiger partial charge in [-0.25, -0.2) is 0 Å². The van der Waals surface area contributed by atoms with Crippen molar-refractivity contribution in [1.82, 2.24) is 0 Å². The normalized spacial score (nSPS) is 12.5. The Balaban J connectivity index is 3.03. The summed E-state index contributed by atoms with van der Waals surface area (Å²) in [5.41, 5.74) is 1.13. The lowest BCUT2D eigenvalue weighted by Crippen LogP contribution is -2.53. The van der Waals surface area contributed by atoms with E-state index in [0.29, 0.717) is 6.04 Å². The van der Waals surface area contributed by atoms with Crippen molar-refractivity contribution in [3.63, 3.8) is 0 Å². The zero-order valence-corrected chi connectivity index (χ0v) is 15.9. The van der Waals surface area contributed by atoms with Crippen LogP contribution in [0.3, 0.4) is 0 Å². The standard InChI is InChI=1S/C17H30O4Si/c1-13(2)19-22(20-14(3)4,21-15(5)6)12-16-8-10-17(18-7)11-9-16/h8-11,13-15H,12H2,1-7H3. The molecule has 0 amide bonds. The Labute approximate surface area is 136 Å². The third-order valence-electron chi connectivity index (χ3n) is 2.83. The smallest absolute Gasteiger partial charge is 0.497 e. The lowest BCUT2D eigenvalue weighted by molar-refractivity contribution is 0.00236. The van der Waals surface area contributed by atoms with Crippen LogP contribution < -0.4 is 4.74 Å². The van der Waals surface area contributed by atoms with Crippen molar-refractivity contribution < 1.29 is 18.0 Å². The average molecular weight is 327 g/mol. The molecule has 0 spiro atoms. The van der Waals surface area contributed by atoms with Gasteiger partial charge in [0, 0.05) is 24.4 Å². The molecule has 0 aliphatic rings. The zero-order chi connectivity index (χ0) is 16.8. The molecule has 0 radical (unpaired) electrons. The van der Waals surface area contributed by atoms with Gasteiger partial charge in [0.15, 0.2) is 0 Å². The number of ether oxygens (including phenoxy) is 1. The molecule has 0 N–H and O–H groups in total. The van der Waals surface area contributed by atoms with E-state index < -0.39 is 8.80 Å². The summed E-state index contributed by atoms with van der Waals surface area (Å²) >= 11 is 0. The molecule has 0 saturated heterocycles. The largest absolute Gasteiger partial charge is 0.506 e. The summed E-state index contributed by atoms with van der Waals surface area (Å²) in [6.07, 6.45) is 0.173. The molecule has 0 fully saturated rings. The Morgan fingerprint density at radius 3 is 1.50 bits per heavy atom. The highest BCUT2D eigenvalue weighted by atomic mass is 28.4. The average Bonchev–Trinajstić information content (AvgIpc) is 2.36. The number of benzene rings is 1. The molecule has 1 aromatic carbocycles. The summed E-state index contributed by atoms with van der Waals surface area (Å²) in [6, 6.07) is 8.64. The fraction of sp³-hybridized carbons (Fsp3) is 0.647. The van der Waals surface area contributed by atoms with Gasteiger partial charge in [-0.1, -0.05) is 12.1 Å². The summed E-state index contributed by atoms with van der Waals surface area (Å²) in [7, 11) is -1.13. The SMILES string of the molecule is COc1ccc(C[Si](OC(C)C)(OC(C)C)OC(C)C)cc1. The van der Waals surface area contributed by atoms with Gasteiger partial charge in [-0.2, -0.15) is 0 Å². The molecule has 0 unspecified atom stereocenters. The van der Waals surface area contributed by atoms with Gasteiger partial charge in [0.2, 0.25) is 0 Å². The van der Waals surface area contributed by atoms with E-state index >= 15 is 0 Å². The Hall–Kier alpha value is -0.883. The Bertz CT molecular complexity index is 402. The first-order chi connectivity index (χ1) is 10.3. The molecule has 0 aliphatic carbocycles. The summed E-state index contributed by atoms with van der Waals surface area (Å²) in [6.45, 7) is 12.1. The van der Waals surface area contributed by atoms with Crippen LogP contribution in [-0.4, -0.2) is 34.2 Å². The molecule has 5 heteroatoms. The van der Waals surface area contributed by atoms with Crippen LogP contribution in [0, 0.1) is 0 Å². The Kier molecular flexibility index (Phi) is 7.55. The first kappa shape index (κ1) is 19.2. The molecule has 0 aromatic heterocycles. The van der Waals surface area contributed by atoms with E-state index in [9.17, 15) is 0 Å². The van der Waals surface area contributed by atoms with E-state index in [2.05, 4.69) is 0 Å². The van der Waals surface area contributed by atoms with Crippen molar-refractivity contribution in [1.29, 1.82) is 0 Å². The fourth-order valence-electron chi connectivity index (χ4n) is 2.28. The highest BCUT2D eigenvalue weighted by molar-refractivity contribution is 6.60. The molecule has 0 heterocycles. The molecule has 126 valence electrons. The fourth-order valence-corrected chi connectivity index (χ4v) is 5.59. The predicted octanol–water partition coefficient (Wildman–Crippen LogP) is 3.99. The van der Waals surface area contributed by atoms with E-state index in [1.807, 2.05) is 65.8 Å². The minimum atomic E-state index is -2.79. The highest BCUT2D eigenvalue weighted by Crippen LogP contribution is 2.23. The van der Waals surface area contributed by atoms with E-state index in [0.717, 1.165) is 11.3 Å². The molecular weight excluding hydrogens is 296 g/mol. The highest BCUT2D eigenvalue weighted by Gasteiger charge is 2.44. The van der Waals surface area contributed by atoms with Crippen LogP contribution in [0.15, 0.2) is 24.3 Å². The first-order valence-corrected chi connectivity index (χ1v) is 9.86. The van der Waals surface area contributed by atoms with E-state index in [-0.39, 0.29) is 18.3 Å². The van der Waals surface area contributed by atoms with Gasteiger partial charge < -0.3 is 18.0 Å².